The summed E-state index contributed by atoms with van der Waals surface area (Å²) in [5.74, 6) is 0.0313. The molecular formula is C22H17FN4O4S. The highest BCUT2D eigenvalue weighted by atomic mass is 32.2. The number of methoxy groups -OCH3 is 2. The van der Waals surface area contributed by atoms with E-state index in [1.807, 2.05) is 6.07 Å². The van der Waals surface area contributed by atoms with Crippen molar-refractivity contribution in [1.29, 1.82) is 10.5 Å². The van der Waals surface area contributed by atoms with E-state index in [2.05, 4.69) is 4.98 Å². The van der Waals surface area contributed by atoms with E-state index in [0.29, 0.717) is 17.1 Å². The molecule has 0 aliphatic rings. The highest BCUT2D eigenvalue weighted by Crippen LogP contribution is 2.31. The van der Waals surface area contributed by atoms with Gasteiger partial charge in [-0.1, -0.05) is 0 Å². The van der Waals surface area contributed by atoms with Crippen molar-refractivity contribution in [1.82, 2.24) is 4.98 Å². The molecule has 0 unspecified atom stereocenters. The minimum absolute atomic E-state index is 0.0234. The molecule has 3 aromatic rings. The number of ether oxygens (including phenoxy) is 2. The molecule has 32 heavy (non-hydrogen) atoms. The van der Waals surface area contributed by atoms with Gasteiger partial charge in [-0.15, -0.1) is 0 Å². The lowest BCUT2D eigenvalue weighted by Gasteiger charge is -2.25. The highest BCUT2D eigenvalue weighted by Gasteiger charge is 2.28. The Hall–Kier alpha value is -4.15. The molecule has 0 amide bonds. The first kappa shape index (κ1) is 22.5. The van der Waals surface area contributed by atoms with Gasteiger partial charge < -0.3 is 9.47 Å². The van der Waals surface area contributed by atoms with Crippen LogP contribution in [-0.2, 0) is 16.6 Å². The van der Waals surface area contributed by atoms with E-state index in [9.17, 15) is 18.1 Å². The van der Waals surface area contributed by atoms with Gasteiger partial charge in [-0.2, -0.15) is 10.5 Å². The Labute approximate surface area is 184 Å². The van der Waals surface area contributed by atoms with Crippen LogP contribution in [0.1, 0.15) is 16.7 Å². The summed E-state index contributed by atoms with van der Waals surface area (Å²) in [4.78, 5) is 3.82. The lowest BCUT2D eigenvalue weighted by Crippen LogP contribution is -2.31. The predicted molar refractivity (Wildman–Crippen MR) is 113 cm³/mol. The highest BCUT2D eigenvalue weighted by molar-refractivity contribution is 7.92. The number of halogens is 1. The van der Waals surface area contributed by atoms with E-state index in [4.69, 9.17) is 14.7 Å². The second kappa shape index (κ2) is 9.33. The van der Waals surface area contributed by atoms with Crippen LogP contribution in [-0.4, -0.2) is 27.6 Å². The molecule has 0 aliphatic heterocycles. The summed E-state index contributed by atoms with van der Waals surface area (Å²) in [5, 5.41) is 18.3. The van der Waals surface area contributed by atoms with Crippen molar-refractivity contribution in [3.8, 4) is 23.6 Å². The Bertz CT molecular complexity index is 1350. The minimum atomic E-state index is -4.31. The van der Waals surface area contributed by atoms with Gasteiger partial charge in [0.1, 0.15) is 29.2 Å². The van der Waals surface area contributed by atoms with Crippen LogP contribution in [0, 0.1) is 28.5 Å². The van der Waals surface area contributed by atoms with Gasteiger partial charge in [-0.3, -0.25) is 0 Å². The average Bonchev–Trinajstić information content (AvgIpc) is 2.82. The second-order valence-corrected chi connectivity index (χ2v) is 8.32. The lowest BCUT2D eigenvalue weighted by molar-refractivity contribution is 0.391. The quantitative estimate of drug-likeness (QED) is 0.539. The van der Waals surface area contributed by atoms with Gasteiger partial charge in [-0.25, -0.2) is 22.1 Å². The number of pyridine rings is 1. The SMILES string of the molecule is COc1ccc(CN(c2cc(C#N)ccn2)S(=O)(=O)c2ccc(F)c(C#N)c2)c(OC)c1. The Morgan fingerprint density at radius 3 is 2.47 bits per heavy atom. The third kappa shape index (κ3) is 4.46. The number of aromatic nitrogens is 1. The average molecular weight is 452 g/mol. The smallest absolute Gasteiger partial charge is 0.265 e. The Morgan fingerprint density at radius 2 is 1.81 bits per heavy atom. The molecule has 0 radical (unpaired) electrons. The number of rotatable bonds is 7. The van der Waals surface area contributed by atoms with E-state index in [1.54, 1.807) is 24.3 Å². The standard InChI is InChI=1S/C22H17FN4O4S/c1-30-18-4-3-16(21(11-18)31-2)14-27(22-9-15(12-24)7-8-26-22)32(28,29)19-5-6-20(23)17(10-19)13-25/h3-11H,14H2,1-2H3. The van der Waals surface area contributed by atoms with Crippen molar-refractivity contribution in [2.24, 2.45) is 0 Å². The Kier molecular flexibility index (Phi) is 6.57. The maximum absolute atomic E-state index is 13.8. The van der Waals surface area contributed by atoms with Crippen molar-refractivity contribution in [2.75, 3.05) is 18.5 Å². The zero-order chi connectivity index (χ0) is 23.3. The van der Waals surface area contributed by atoms with Crippen molar-refractivity contribution in [2.45, 2.75) is 11.4 Å². The third-order valence-corrected chi connectivity index (χ3v) is 6.33. The van der Waals surface area contributed by atoms with E-state index in [0.717, 1.165) is 22.5 Å². The molecule has 8 nitrogen and oxygen atoms in total. The van der Waals surface area contributed by atoms with Gasteiger partial charge in [0.2, 0.25) is 0 Å². The summed E-state index contributed by atoms with van der Waals surface area (Å²) in [7, 11) is -1.39. The molecule has 0 N–H and O–H groups in total. The first-order valence-corrected chi connectivity index (χ1v) is 10.6. The number of nitriles is 2. The molecular weight excluding hydrogens is 435 g/mol. The maximum Gasteiger partial charge on any atom is 0.265 e. The number of hydrogen-bond acceptors (Lipinski definition) is 7. The molecule has 0 saturated heterocycles. The molecule has 2 aromatic carbocycles. The lowest BCUT2D eigenvalue weighted by atomic mass is 10.2. The van der Waals surface area contributed by atoms with E-state index in [1.165, 1.54) is 32.5 Å². The normalized spacial score (nSPS) is 10.7. The number of nitrogens with zero attached hydrogens (tertiary/aromatic N) is 4. The summed E-state index contributed by atoms with van der Waals surface area (Å²) in [6, 6.07) is 14.2. The van der Waals surface area contributed by atoms with Crippen LogP contribution in [0.3, 0.4) is 0 Å². The summed E-state index contributed by atoms with van der Waals surface area (Å²) in [6.07, 6.45) is 1.31. The van der Waals surface area contributed by atoms with Gasteiger partial charge in [0.25, 0.3) is 10.0 Å². The molecule has 3 rings (SSSR count). The van der Waals surface area contributed by atoms with Crippen molar-refractivity contribution in [3.63, 3.8) is 0 Å². The van der Waals surface area contributed by atoms with Crippen LogP contribution in [0.5, 0.6) is 11.5 Å². The van der Waals surface area contributed by atoms with E-state index in [-0.39, 0.29) is 22.8 Å². The van der Waals surface area contributed by atoms with Crippen LogP contribution < -0.4 is 13.8 Å². The minimum Gasteiger partial charge on any atom is -0.497 e. The van der Waals surface area contributed by atoms with E-state index >= 15 is 0 Å². The molecule has 1 aromatic heterocycles. The Balaban J connectivity index is 2.18. The number of anilines is 1. The van der Waals surface area contributed by atoms with Crippen LogP contribution in [0.4, 0.5) is 10.2 Å². The van der Waals surface area contributed by atoms with Gasteiger partial charge in [-0.05, 0) is 42.5 Å². The van der Waals surface area contributed by atoms with Gasteiger partial charge in [0.15, 0.2) is 0 Å². The van der Waals surface area contributed by atoms with Gasteiger partial charge in [0, 0.05) is 17.8 Å². The Morgan fingerprint density at radius 1 is 1.03 bits per heavy atom. The molecule has 0 aliphatic carbocycles. The van der Waals surface area contributed by atoms with Crippen molar-refractivity contribution >= 4 is 15.8 Å². The fourth-order valence-corrected chi connectivity index (χ4v) is 4.34. The van der Waals surface area contributed by atoms with Crippen LogP contribution in [0.15, 0.2) is 59.6 Å². The summed E-state index contributed by atoms with van der Waals surface area (Å²) < 4.78 is 52.4. The fraction of sp³-hybridized carbons (Fsp3) is 0.136. The number of hydrogen-bond donors (Lipinski definition) is 0. The molecule has 10 heteroatoms. The molecule has 0 bridgehead atoms. The topological polar surface area (TPSA) is 116 Å². The monoisotopic (exact) mass is 452 g/mol. The van der Waals surface area contributed by atoms with Crippen LogP contribution >= 0.6 is 0 Å². The maximum atomic E-state index is 13.8. The molecule has 0 saturated carbocycles. The predicted octanol–water partition coefficient (Wildman–Crippen LogP) is 3.38. The molecule has 0 spiro atoms. The van der Waals surface area contributed by atoms with Crippen LogP contribution in [0.2, 0.25) is 0 Å². The zero-order valence-corrected chi connectivity index (χ0v) is 17.9. The third-order valence-electron chi connectivity index (χ3n) is 4.58. The fourth-order valence-electron chi connectivity index (χ4n) is 2.93. The van der Waals surface area contributed by atoms with Gasteiger partial charge >= 0.3 is 0 Å². The largest absolute Gasteiger partial charge is 0.497 e. The van der Waals surface area contributed by atoms with Crippen LogP contribution in [0.25, 0.3) is 0 Å². The summed E-state index contributed by atoms with van der Waals surface area (Å²) in [5.41, 5.74) is 0.282. The first-order chi connectivity index (χ1) is 15.3. The number of sulfonamides is 1. The molecule has 0 fully saturated rings. The first-order valence-electron chi connectivity index (χ1n) is 9.13. The summed E-state index contributed by atoms with van der Waals surface area (Å²) in [6.45, 7) is -0.212. The summed E-state index contributed by atoms with van der Waals surface area (Å²) >= 11 is 0. The molecule has 162 valence electrons. The molecule has 0 atom stereocenters. The molecule has 1 heterocycles. The van der Waals surface area contributed by atoms with Crippen molar-refractivity contribution in [3.05, 3.63) is 77.2 Å². The second-order valence-electron chi connectivity index (χ2n) is 6.46. The van der Waals surface area contributed by atoms with E-state index < -0.39 is 21.4 Å². The van der Waals surface area contributed by atoms with Crippen molar-refractivity contribution < 1.29 is 22.3 Å². The van der Waals surface area contributed by atoms with Gasteiger partial charge in [0.05, 0.1) is 42.9 Å². The zero-order valence-electron chi connectivity index (χ0n) is 17.1. The number of benzene rings is 2.